The van der Waals surface area contributed by atoms with Gasteiger partial charge in [0.05, 0.1) is 0 Å². The number of nitrogens with zero attached hydrogens (tertiary/aromatic N) is 2. The summed E-state index contributed by atoms with van der Waals surface area (Å²) in [4.78, 5) is 19.5. The predicted molar refractivity (Wildman–Crippen MR) is 89.8 cm³/mol. The molecule has 0 aromatic carbocycles. The van der Waals surface area contributed by atoms with Gasteiger partial charge >= 0.3 is 0 Å². The number of aromatic nitrogens is 1. The Balaban J connectivity index is 2.22. The lowest BCUT2D eigenvalue weighted by molar-refractivity contribution is -0.121. The first kappa shape index (κ1) is 17.9. The number of anilines is 1. The zero-order valence-electron chi connectivity index (χ0n) is 13.6. The van der Waals surface area contributed by atoms with Crippen LogP contribution in [-0.2, 0) is 11.3 Å². The van der Waals surface area contributed by atoms with Crippen LogP contribution in [0.25, 0.3) is 0 Å². The summed E-state index contributed by atoms with van der Waals surface area (Å²) in [6.07, 6.45) is 2.44. The first-order valence-corrected chi connectivity index (χ1v) is 8.55. The number of hydrogen-bond donors (Lipinski definition) is 2. The lowest BCUT2D eigenvalue weighted by Crippen LogP contribution is -2.30. The molecule has 0 atom stereocenters. The number of carbonyl (C=O) groups is 1. The van der Waals surface area contributed by atoms with Crippen molar-refractivity contribution in [2.45, 2.75) is 40.7 Å². The van der Waals surface area contributed by atoms with Gasteiger partial charge in [-0.1, -0.05) is 13.8 Å². The minimum atomic E-state index is 0.115. The fourth-order valence-corrected chi connectivity index (χ4v) is 2.85. The van der Waals surface area contributed by atoms with Gasteiger partial charge in [-0.05, 0) is 19.8 Å². The zero-order chi connectivity index (χ0) is 15.7. The summed E-state index contributed by atoms with van der Waals surface area (Å²) in [6.45, 7) is 12.6. The van der Waals surface area contributed by atoms with Crippen molar-refractivity contribution >= 4 is 22.4 Å². The quantitative estimate of drug-likeness (QED) is 0.651. The highest BCUT2D eigenvalue weighted by molar-refractivity contribution is 7.15. The van der Waals surface area contributed by atoms with Crippen molar-refractivity contribution in [3.05, 3.63) is 11.1 Å². The largest absolute Gasteiger partial charge is 0.356 e. The molecule has 6 heteroatoms. The summed E-state index contributed by atoms with van der Waals surface area (Å²) >= 11 is 1.71. The fraction of sp³-hybridized carbons (Fsp3) is 0.733. The highest BCUT2D eigenvalue weighted by Gasteiger charge is 2.07. The first-order valence-electron chi connectivity index (χ1n) is 7.73. The normalized spacial score (nSPS) is 10.9. The Morgan fingerprint density at radius 3 is 2.71 bits per heavy atom. The Morgan fingerprint density at radius 2 is 2.10 bits per heavy atom. The lowest BCUT2D eigenvalue weighted by Gasteiger charge is -2.16. The van der Waals surface area contributed by atoms with Gasteiger partial charge in [0.2, 0.25) is 5.91 Å². The van der Waals surface area contributed by atoms with Crippen LogP contribution < -0.4 is 15.5 Å². The van der Waals surface area contributed by atoms with Gasteiger partial charge in [-0.2, -0.15) is 0 Å². The third kappa shape index (κ3) is 6.91. The van der Waals surface area contributed by atoms with E-state index in [2.05, 4.69) is 48.2 Å². The molecule has 2 N–H and O–H groups in total. The number of thiazole rings is 1. The monoisotopic (exact) mass is 312 g/mol. The van der Waals surface area contributed by atoms with Crippen molar-refractivity contribution in [2.75, 3.05) is 31.1 Å². The third-order valence-corrected chi connectivity index (χ3v) is 4.17. The zero-order valence-corrected chi connectivity index (χ0v) is 14.4. The van der Waals surface area contributed by atoms with E-state index in [4.69, 9.17) is 0 Å². The molecule has 0 saturated heterocycles. The van der Waals surface area contributed by atoms with Gasteiger partial charge in [-0.25, -0.2) is 4.98 Å². The highest BCUT2D eigenvalue weighted by atomic mass is 32.1. The number of nitrogens with one attached hydrogen (secondary N) is 2. The Hall–Kier alpha value is -1.14. The van der Waals surface area contributed by atoms with E-state index >= 15 is 0 Å². The smallest absolute Gasteiger partial charge is 0.221 e. The summed E-state index contributed by atoms with van der Waals surface area (Å²) in [7, 11) is 0. The van der Waals surface area contributed by atoms with Crippen molar-refractivity contribution in [1.82, 2.24) is 15.6 Å². The van der Waals surface area contributed by atoms with Crippen LogP contribution in [0.15, 0.2) is 6.20 Å². The SMILES string of the molecule is CCN(CC)c1ncc(CNCCC(=O)NCC(C)C)s1. The van der Waals surface area contributed by atoms with Crippen LogP contribution >= 0.6 is 11.3 Å². The fourth-order valence-electron chi connectivity index (χ4n) is 1.84. The van der Waals surface area contributed by atoms with E-state index in [1.165, 1.54) is 4.88 Å². The molecule has 1 amide bonds. The summed E-state index contributed by atoms with van der Waals surface area (Å²) in [5.74, 6) is 0.613. The van der Waals surface area contributed by atoms with Gasteiger partial charge in [0.25, 0.3) is 0 Å². The molecule has 5 nitrogen and oxygen atoms in total. The van der Waals surface area contributed by atoms with E-state index in [0.717, 1.165) is 31.3 Å². The maximum atomic E-state index is 11.6. The molecule has 0 aliphatic heterocycles. The molecule has 1 rings (SSSR count). The van der Waals surface area contributed by atoms with Gasteiger partial charge in [-0.15, -0.1) is 11.3 Å². The Morgan fingerprint density at radius 1 is 1.38 bits per heavy atom. The number of amides is 1. The second kappa shape index (κ2) is 9.73. The van der Waals surface area contributed by atoms with Crippen LogP contribution in [0, 0.1) is 5.92 Å². The Labute approximate surface area is 132 Å². The molecule has 21 heavy (non-hydrogen) atoms. The molecule has 0 unspecified atom stereocenters. The van der Waals surface area contributed by atoms with E-state index in [9.17, 15) is 4.79 Å². The van der Waals surface area contributed by atoms with Gasteiger partial charge in [-0.3, -0.25) is 4.79 Å². The molecule has 1 heterocycles. The van der Waals surface area contributed by atoms with Crippen LogP contribution in [0.3, 0.4) is 0 Å². The summed E-state index contributed by atoms with van der Waals surface area (Å²) in [6, 6.07) is 0. The summed E-state index contributed by atoms with van der Waals surface area (Å²) < 4.78 is 0. The second-order valence-corrected chi connectivity index (χ2v) is 6.50. The van der Waals surface area contributed by atoms with Gasteiger partial charge in [0, 0.05) is 50.2 Å². The van der Waals surface area contributed by atoms with E-state index < -0.39 is 0 Å². The van der Waals surface area contributed by atoms with Crippen LogP contribution in [0.2, 0.25) is 0 Å². The Kier molecular flexibility index (Phi) is 8.30. The molecule has 0 aliphatic rings. The van der Waals surface area contributed by atoms with Crippen LogP contribution in [-0.4, -0.2) is 37.1 Å². The standard InChI is InChI=1S/C15H28N4OS/c1-5-19(6-2)15-18-11-13(21-15)10-16-8-7-14(20)17-9-12(3)4/h11-12,16H,5-10H2,1-4H3,(H,17,20). The molecule has 1 aromatic rings. The average molecular weight is 312 g/mol. The molecule has 0 saturated carbocycles. The summed E-state index contributed by atoms with van der Waals surface area (Å²) in [5.41, 5.74) is 0. The molecule has 120 valence electrons. The van der Waals surface area contributed by atoms with Crippen molar-refractivity contribution in [3.8, 4) is 0 Å². The molecule has 1 aromatic heterocycles. The molecule has 0 aliphatic carbocycles. The minimum absolute atomic E-state index is 0.115. The van der Waals surface area contributed by atoms with E-state index in [1.54, 1.807) is 11.3 Å². The predicted octanol–water partition coefficient (Wildman–Crippen LogP) is 2.24. The van der Waals surface area contributed by atoms with Crippen LogP contribution in [0.4, 0.5) is 5.13 Å². The van der Waals surface area contributed by atoms with Gasteiger partial charge in [0.1, 0.15) is 0 Å². The summed E-state index contributed by atoms with van der Waals surface area (Å²) in [5, 5.41) is 7.29. The third-order valence-electron chi connectivity index (χ3n) is 3.11. The van der Waals surface area contributed by atoms with E-state index in [1.807, 2.05) is 6.20 Å². The van der Waals surface area contributed by atoms with Crippen molar-refractivity contribution in [3.63, 3.8) is 0 Å². The van der Waals surface area contributed by atoms with Gasteiger partial charge in [0.15, 0.2) is 5.13 Å². The number of rotatable bonds is 10. The molecule has 0 bridgehead atoms. The maximum Gasteiger partial charge on any atom is 0.221 e. The van der Waals surface area contributed by atoms with Crippen LogP contribution in [0.5, 0.6) is 0 Å². The van der Waals surface area contributed by atoms with Crippen molar-refractivity contribution < 1.29 is 4.79 Å². The first-order chi connectivity index (χ1) is 10.1. The van der Waals surface area contributed by atoms with Crippen LogP contribution in [0.1, 0.15) is 39.0 Å². The van der Waals surface area contributed by atoms with Crippen molar-refractivity contribution in [2.24, 2.45) is 5.92 Å². The topological polar surface area (TPSA) is 57.3 Å². The lowest BCUT2D eigenvalue weighted by atomic mass is 10.2. The van der Waals surface area contributed by atoms with Crippen molar-refractivity contribution in [1.29, 1.82) is 0 Å². The maximum absolute atomic E-state index is 11.6. The Bertz CT molecular complexity index is 416. The molecular formula is C15H28N4OS. The number of carbonyl (C=O) groups excluding carboxylic acids is 1. The van der Waals surface area contributed by atoms with E-state index in [0.29, 0.717) is 18.9 Å². The molecule has 0 radical (unpaired) electrons. The molecule has 0 fully saturated rings. The average Bonchev–Trinajstić information content (AvgIpc) is 2.91. The minimum Gasteiger partial charge on any atom is -0.356 e. The van der Waals surface area contributed by atoms with Gasteiger partial charge < -0.3 is 15.5 Å². The highest BCUT2D eigenvalue weighted by Crippen LogP contribution is 2.21. The van der Waals surface area contributed by atoms with E-state index in [-0.39, 0.29) is 5.91 Å². The molecule has 0 spiro atoms. The second-order valence-electron chi connectivity index (χ2n) is 5.41. The number of hydrogen-bond acceptors (Lipinski definition) is 5. The molecular weight excluding hydrogens is 284 g/mol.